The van der Waals surface area contributed by atoms with Crippen LogP contribution in [0.25, 0.3) is 0 Å². The van der Waals surface area contributed by atoms with E-state index < -0.39 is 5.97 Å². The third kappa shape index (κ3) is 3.20. The Morgan fingerprint density at radius 2 is 2.07 bits per heavy atom. The van der Waals surface area contributed by atoms with Crippen LogP contribution in [-0.4, -0.2) is 23.5 Å². The average Bonchev–Trinajstić information content (AvgIpc) is 2.67. The summed E-state index contributed by atoms with van der Waals surface area (Å²) in [5.41, 5.74) is 0.337. The summed E-state index contributed by atoms with van der Waals surface area (Å²) >= 11 is 0. The number of hydrogen-bond donors (Lipinski definition) is 2. The predicted molar refractivity (Wildman–Crippen MR) is 51.7 cm³/mol. The number of carboxylic acid groups (broad SMARTS) is 1. The zero-order valence-electron chi connectivity index (χ0n) is 8.41. The molecule has 4 nitrogen and oxygen atoms in total. The van der Waals surface area contributed by atoms with Gasteiger partial charge in [0, 0.05) is 18.7 Å². The monoisotopic (exact) mass is 197 g/mol. The summed E-state index contributed by atoms with van der Waals surface area (Å²) in [6.45, 7) is 4.93. The number of rotatable bonds is 4. The Morgan fingerprint density at radius 1 is 1.50 bits per heavy atom. The molecule has 0 radical (unpaired) electrons. The number of nitrogens with one attached hydrogen (secondary N) is 1. The highest BCUT2D eigenvalue weighted by Crippen LogP contribution is 2.50. The Balaban J connectivity index is 2.20. The Labute approximate surface area is 83.0 Å². The highest BCUT2D eigenvalue weighted by molar-refractivity contribution is 5.93. The molecule has 0 saturated heterocycles. The minimum Gasteiger partial charge on any atom is -0.478 e. The van der Waals surface area contributed by atoms with Gasteiger partial charge in [-0.1, -0.05) is 13.8 Å². The lowest BCUT2D eigenvalue weighted by molar-refractivity contribution is -0.131. The van der Waals surface area contributed by atoms with Crippen molar-refractivity contribution in [2.75, 3.05) is 6.54 Å². The Morgan fingerprint density at radius 3 is 2.50 bits per heavy atom. The number of aliphatic carboxylic acids is 1. The van der Waals surface area contributed by atoms with Crippen LogP contribution in [-0.2, 0) is 9.59 Å². The fourth-order valence-corrected chi connectivity index (χ4v) is 1.35. The van der Waals surface area contributed by atoms with Crippen molar-refractivity contribution in [2.24, 2.45) is 11.3 Å². The molecule has 0 heterocycles. The summed E-state index contributed by atoms with van der Waals surface area (Å²) in [7, 11) is 0. The third-order valence-electron chi connectivity index (χ3n) is 2.62. The van der Waals surface area contributed by atoms with Crippen LogP contribution in [0.15, 0.2) is 12.2 Å². The molecular weight excluding hydrogens is 182 g/mol. The Hall–Kier alpha value is -1.32. The second-order valence-electron chi connectivity index (χ2n) is 4.31. The molecule has 0 aromatic heterocycles. The van der Waals surface area contributed by atoms with Gasteiger partial charge >= 0.3 is 5.97 Å². The van der Waals surface area contributed by atoms with Crippen LogP contribution in [0.4, 0.5) is 0 Å². The van der Waals surface area contributed by atoms with Crippen LogP contribution < -0.4 is 5.32 Å². The van der Waals surface area contributed by atoms with E-state index in [4.69, 9.17) is 5.11 Å². The number of carbonyl (C=O) groups is 2. The van der Waals surface area contributed by atoms with Crippen molar-refractivity contribution >= 4 is 11.9 Å². The van der Waals surface area contributed by atoms with E-state index in [1.54, 1.807) is 0 Å². The first-order valence-electron chi connectivity index (χ1n) is 4.60. The van der Waals surface area contributed by atoms with E-state index in [-0.39, 0.29) is 5.91 Å². The lowest BCUT2D eigenvalue weighted by Gasteiger charge is -2.03. The smallest absolute Gasteiger partial charge is 0.328 e. The second-order valence-corrected chi connectivity index (χ2v) is 4.31. The van der Waals surface area contributed by atoms with Gasteiger partial charge in [0.2, 0.25) is 5.91 Å². The molecule has 0 spiro atoms. The first-order valence-corrected chi connectivity index (χ1v) is 4.60. The number of carboxylic acids is 1. The zero-order chi connectivity index (χ0) is 10.8. The van der Waals surface area contributed by atoms with E-state index in [1.807, 2.05) is 0 Å². The van der Waals surface area contributed by atoms with Gasteiger partial charge < -0.3 is 10.4 Å². The number of hydrogen-bond acceptors (Lipinski definition) is 2. The molecular formula is C10H15NO3. The van der Waals surface area contributed by atoms with E-state index in [0.29, 0.717) is 17.9 Å². The number of amides is 1. The van der Waals surface area contributed by atoms with Crippen molar-refractivity contribution in [1.29, 1.82) is 0 Å². The van der Waals surface area contributed by atoms with Gasteiger partial charge in [-0.15, -0.1) is 0 Å². The van der Waals surface area contributed by atoms with E-state index in [0.717, 1.165) is 18.6 Å². The quantitative estimate of drug-likeness (QED) is 0.655. The molecule has 0 aromatic rings. The molecule has 0 bridgehead atoms. The molecule has 14 heavy (non-hydrogen) atoms. The van der Waals surface area contributed by atoms with E-state index in [9.17, 15) is 9.59 Å². The largest absolute Gasteiger partial charge is 0.478 e. The van der Waals surface area contributed by atoms with Crippen LogP contribution in [0.2, 0.25) is 0 Å². The van der Waals surface area contributed by atoms with Crippen molar-refractivity contribution in [1.82, 2.24) is 5.32 Å². The lowest BCUT2D eigenvalue weighted by atomic mass is 10.1. The molecule has 1 fully saturated rings. The van der Waals surface area contributed by atoms with Crippen LogP contribution in [0.3, 0.4) is 0 Å². The highest BCUT2D eigenvalue weighted by atomic mass is 16.4. The first-order chi connectivity index (χ1) is 6.42. The maximum Gasteiger partial charge on any atom is 0.328 e. The zero-order valence-corrected chi connectivity index (χ0v) is 8.41. The highest BCUT2D eigenvalue weighted by Gasteiger charge is 2.45. The Kier molecular flexibility index (Phi) is 2.93. The predicted octanol–water partition coefficient (Wildman–Crippen LogP) is 0.790. The molecule has 1 unspecified atom stereocenters. The minimum absolute atomic E-state index is 0.337. The van der Waals surface area contributed by atoms with Crippen molar-refractivity contribution in [3.63, 3.8) is 0 Å². The summed E-state index contributed by atoms with van der Waals surface area (Å²) in [6.07, 6.45) is 3.00. The van der Waals surface area contributed by atoms with Gasteiger partial charge in [-0.25, -0.2) is 4.79 Å². The standard InChI is InChI=1S/C10H15NO3/c1-10(2)5-7(10)6-11-8(12)3-4-9(13)14/h3-4,7H,5-6H2,1-2H3,(H,11,12)(H,13,14)/b4-3+. The van der Waals surface area contributed by atoms with Crippen molar-refractivity contribution < 1.29 is 14.7 Å². The maximum absolute atomic E-state index is 11.0. The first kappa shape index (κ1) is 10.8. The van der Waals surface area contributed by atoms with E-state index in [2.05, 4.69) is 19.2 Å². The van der Waals surface area contributed by atoms with Gasteiger partial charge in [0.05, 0.1) is 0 Å². The average molecular weight is 197 g/mol. The SMILES string of the molecule is CC1(C)CC1CNC(=O)/C=C/C(=O)O. The van der Waals surface area contributed by atoms with Crippen LogP contribution in [0.1, 0.15) is 20.3 Å². The van der Waals surface area contributed by atoms with E-state index in [1.165, 1.54) is 0 Å². The fraction of sp³-hybridized carbons (Fsp3) is 0.600. The summed E-state index contributed by atoms with van der Waals surface area (Å²) in [4.78, 5) is 21.1. The van der Waals surface area contributed by atoms with Crippen molar-refractivity contribution in [2.45, 2.75) is 20.3 Å². The second kappa shape index (κ2) is 3.82. The third-order valence-corrected chi connectivity index (χ3v) is 2.62. The van der Waals surface area contributed by atoms with Gasteiger partial charge in [0.25, 0.3) is 0 Å². The maximum atomic E-state index is 11.0. The lowest BCUT2D eigenvalue weighted by Crippen LogP contribution is -2.24. The number of carbonyl (C=O) groups excluding carboxylic acids is 1. The van der Waals surface area contributed by atoms with Gasteiger partial charge in [-0.2, -0.15) is 0 Å². The molecule has 1 aliphatic rings. The molecule has 1 rings (SSSR count). The van der Waals surface area contributed by atoms with Gasteiger partial charge in [-0.05, 0) is 17.8 Å². The minimum atomic E-state index is -1.10. The Bertz CT molecular complexity index is 281. The molecule has 2 N–H and O–H groups in total. The van der Waals surface area contributed by atoms with Crippen LogP contribution >= 0.6 is 0 Å². The topological polar surface area (TPSA) is 66.4 Å². The molecule has 0 aliphatic heterocycles. The molecule has 1 atom stereocenters. The fourth-order valence-electron chi connectivity index (χ4n) is 1.35. The summed E-state index contributed by atoms with van der Waals surface area (Å²) in [5, 5.41) is 10.9. The molecule has 78 valence electrons. The van der Waals surface area contributed by atoms with Gasteiger partial charge in [0.1, 0.15) is 0 Å². The molecule has 4 heteroatoms. The van der Waals surface area contributed by atoms with Crippen LogP contribution in [0.5, 0.6) is 0 Å². The molecule has 1 amide bonds. The summed E-state index contributed by atoms with van der Waals surface area (Å²) in [6, 6.07) is 0. The molecule has 1 aliphatic carbocycles. The van der Waals surface area contributed by atoms with Crippen molar-refractivity contribution in [3.8, 4) is 0 Å². The van der Waals surface area contributed by atoms with Gasteiger partial charge in [0.15, 0.2) is 0 Å². The molecule has 0 aromatic carbocycles. The van der Waals surface area contributed by atoms with Crippen LogP contribution in [0, 0.1) is 11.3 Å². The van der Waals surface area contributed by atoms with E-state index >= 15 is 0 Å². The van der Waals surface area contributed by atoms with Crippen molar-refractivity contribution in [3.05, 3.63) is 12.2 Å². The summed E-state index contributed by atoms with van der Waals surface area (Å²) in [5.74, 6) is -0.910. The molecule has 1 saturated carbocycles. The van der Waals surface area contributed by atoms with Gasteiger partial charge in [-0.3, -0.25) is 4.79 Å². The summed E-state index contributed by atoms with van der Waals surface area (Å²) < 4.78 is 0. The normalized spacial score (nSPS) is 23.4.